The Labute approximate surface area is 102 Å². The highest BCUT2D eigenvalue weighted by atomic mass is 16.5. The molecule has 17 heavy (non-hydrogen) atoms. The molecule has 2 rings (SSSR count). The molecule has 3 nitrogen and oxygen atoms in total. The van der Waals surface area contributed by atoms with Crippen molar-refractivity contribution < 1.29 is 9.53 Å². The zero-order valence-electron chi connectivity index (χ0n) is 10.5. The lowest BCUT2D eigenvalue weighted by atomic mass is 9.96. The number of rotatable bonds is 4. The molecule has 1 saturated carbocycles. The lowest BCUT2D eigenvalue weighted by molar-refractivity contribution is 0.407. The van der Waals surface area contributed by atoms with Crippen LogP contribution in [0.5, 0.6) is 5.75 Å². The van der Waals surface area contributed by atoms with Crippen molar-refractivity contribution in [2.24, 2.45) is 4.99 Å². The van der Waals surface area contributed by atoms with Gasteiger partial charge in [-0.3, -0.25) is 0 Å². The van der Waals surface area contributed by atoms with E-state index in [9.17, 15) is 4.79 Å². The predicted molar refractivity (Wildman–Crippen MR) is 66.1 cm³/mol. The Morgan fingerprint density at radius 3 is 2.59 bits per heavy atom. The first kappa shape index (κ1) is 11.9. The number of aliphatic imine (C=N–C) groups is 1. The number of carbonyl (C=O) groups excluding carboxylic acids is 1. The van der Waals surface area contributed by atoms with Crippen molar-refractivity contribution in [1.29, 1.82) is 0 Å². The summed E-state index contributed by atoms with van der Waals surface area (Å²) in [4.78, 5) is 14.4. The maximum absolute atomic E-state index is 10.5. The fourth-order valence-electron chi connectivity index (χ4n) is 2.15. The Morgan fingerprint density at radius 2 is 2.12 bits per heavy atom. The van der Waals surface area contributed by atoms with Gasteiger partial charge in [-0.1, -0.05) is 19.9 Å². The van der Waals surface area contributed by atoms with Crippen molar-refractivity contribution in [3.05, 3.63) is 29.3 Å². The van der Waals surface area contributed by atoms with E-state index in [0.29, 0.717) is 5.92 Å². The average Bonchev–Trinajstić information content (AvgIpc) is 3.09. The van der Waals surface area contributed by atoms with Gasteiger partial charge in [0.15, 0.2) is 0 Å². The smallest absolute Gasteiger partial charge is 0.235 e. The van der Waals surface area contributed by atoms with Gasteiger partial charge in [-0.15, -0.1) is 0 Å². The van der Waals surface area contributed by atoms with Gasteiger partial charge in [0.1, 0.15) is 5.75 Å². The highest BCUT2D eigenvalue weighted by molar-refractivity contribution is 5.46. The topological polar surface area (TPSA) is 38.7 Å². The molecule has 90 valence electrons. The van der Waals surface area contributed by atoms with E-state index >= 15 is 0 Å². The van der Waals surface area contributed by atoms with Crippen LogP contribution in [0, 0.1) is 0 Å². The number of hydrogen-bond acceptors (Lipinski definition) is 3. The Kier molecular flexibility index (Phi) is 3.03. The van der Waals surface area contributed by atoms with E-state index in [-0.39, 0.29) is 5.54 Å². The molecule has 3 heteroatoms. The lowest BCUT2D eigenvalue weighted by Gasteiger charge is -2.16. The number of ether oxygens (including phenoxy) is 1. The van der Waals surface area contributed by atoms with Crippen LogP contribution in [0.15, 0.2) is 23.2 Å². The molecule has 1 fully saturated rings. The number of nitrogens with zero attached hydrogens (tertiary/aromatic N) is 1. The SMILES string of the molecule is COc1ccc(C2(N=C=O)CC2)cc1C(C)C. The lowest BCUT2D eigenvalue weighted by Crippen LogP contribution is -2.04. The monoisotopic (exact) mass is 231 g/mol. The second-order valence-electron chi connectivity index (χ2n) is 4.85. The van der Waals surface area contributed by atoms with Crippen LogP contribution in [0.25, 0.3) is 0 Å². The van der Waals surface area contributed by atoms with E-state index in [2.05, 4.69) is 24.9 Å². The standard InChI is InChI=1S/C14H17NO2/c1-10(2)12-8-11(4-5-13(12)17-3)14(6-7-14)15-9-16/h4-5,8,10H,6-7H2,1-3H3. The van der Waals surface area contributed by atoms with E-state index in [0.717, 1.165) is 29.7 Å². The Hall–Kier alpha value is -1.60. The minimum absolute atomic E-state index is 0.294. The molecule has 0 amide bonds. The van der Waals surface area contributed by atoms with Crippen LogP contribution < -0.4 is 4.74 Å². The first-order chi connectivity index (χ1) is 8.13. The summed E-state index contributed by atoms with van der Waals surface area (Å²) in [6, 6.07) is 6.07. The van der Waals surface area contributed by atoms with Crippen LogP contribution in [0.2, 0.25) is 0 Å². The fourth-order valence-corrected chi connectivity index (χ4v) is 2.15. The molecule has 0 atom stereocenters. The summed E-state index contributed by atoms with van der Waals surface area (Å²) < 4.78 is 5.35. The van der Waals surface area contributed by atoms with Gasteiger partial charge in [-0.05, 0) is 42.0 Å². The molecule has 0 aromatic heterocycles. The van der Waals surface area contributed by atoms with Crippen molar-refractivity contribution in [2.75, 3.05) is 7.11 Å². The Bertz CT molecular complexity index is 469. The third-order valence-corrected chi connectivity index (χ3v) is 3.37. The first-order valence-corrected chi connectivity index (χ1v) is 5.90. The number of methoxy groups -OCH3 is 1. The molecule has 0 spiro atoms. The molecule has 0 N–H and O–H groups in total. The zero-order chi connectivity index (χ0) is 12.5. The van der Waals surface area contributed by atoms with Gasteiger partial charge in [0.2, 0.25) is 6.08 Å². The third kappa shape index (κ3) is 2.11. The quantitative estimate of drug-likeness (QED) is 0.589. The summed E-state index contributed by atoms with van der Waals surface area (Å²) in [5.74, 6) is 1.29. The van der Waals surface area contributed by atoms with E-state index < -0.39 is 0 Å². The number of isocyanates is 1. The van der Waals surface area contributed by atoms with Crippen LogP contribution in [-0.4, -0.2) is 13.2 Å². The average molecular weight is 231 g/mol. The summed E-state index contributed by atoms with van der Waals surface area (Å²) in [6.45, 7) is 4.26. The molecule has 0 radical (unpaired) electrons. The van der Waals surface area contributed by atoms with Gasteiger partial charge in [-0.2, -0.15) is 4.99 Å². The molecule has 1 aliphatic carbocycles. The van der Waals surface area contributed by atoms with Gasteiger partial charge in [0.25, 0.3) is 0 Å². The fraction of sp³-hybridized carbons (Fsp3) is 0.500. The van der Waals surface area contributed by atoms with E-state index in [4.69, 9.17) is 4.74 Å². The van der Waals surface area contributed by atoms with Gasteiger partial charge in [0, 0.05) is 0 Å². The summed E-state index contributed by atoms with van der Waals surface area (Å²) in [7, 11) is 1.68. The summed E-state index contributed by atoms with van der Waals surface area (Å²) in [5.41, 5.74) is 1.97. The minimum atomic E-state index is -0.294. The highest BCUT2D eigenvalue weighted by Crippen LogP contribution is 2.50. The molecular formula is C14H17NO2. The normalized spacial score (nSPS) is 16.5. The van der Waals surface area contributed by atoms with Gasteiger partial charge >= 0.3 is 0 Å². The molecule has 0 bridgehead atoms. The molecule has 0 aliphatic heterocycles. The van der Waals surface area contributed by atoms with Crippen LogP contribution >= 0.6 is 0 Å². The maximum atomic E-state index is 10.5. The Morgan fingerprint density at radius 1 is 1.41 bits per heavy atom. The predicted octanol–water partition coefficient (Wildman–Crippen LogP) is 3.14. The Balaban J connectivity index is 2.44. The number of hydrogen-bond donors (Lipinski definition) is 0. The van der Waals surface area contributed by atoms with Crippen LogP contribution in [0.3, 0.4) is 0 Å². The van der Waals surface area contributed by atoms with Crippen LogP contribution in [0.1, 0.15) is 43.7 Å². The van der Waals surface area contributed by atoms with Crippen molar-refractivity contribution in [3.63, 3.8) is 0 Å². The van der Waals surface area contributed by atoms with Gasteiger partial charge in [0.05, 0.1) is 12.6 Å². The third-order valence-electron chi connectivity index (χ3n) is 3.37. The van der Waals surface area contributed by atoms with Gasteiger partial charge < -0.3 is 4.74 Å². The van der Waals surface area contributed by atoms with E-state index in [1.54, 1.807) is 13.2 Å². The molecule has 1 aromatic rings. The summed E-state index contributed by atoms with van der Waals surface area (Å²) >= 11 is 0. The molecule has 1 aliphatic rings. The van der Waals surface area contributed by atoms with E-state index in [1.165, 1.54) is 0 Å². The molecule has 0 saturated heterocycles. The van der Waals surface area contributed by atoms with Crippen molar-refractivity contribution in [3.8, 4) is 5.75 Å². The summed E-state index contributed by atoms with van der Waals surface area (Å²) in [6.07, 6.45) is 3.56. The van der Waals surface area contributed by atoms with Crippen molar-refractivity contribution in [2.45, 2.75) is 38.1 Å². The zero-order valence-corrected chi connectivity index (χ0v) is 10.5. The largest absolute Gasteiger partial charge is 0.496 e. The van der Waals surface area contributed by atoms with Crippen molar-refractivity contribution >= 4 is 6.08 Å². The highest BCUT2D eigenvalue weighted by Gasteiger charge is 2.45. The molecular weight excluding hydrogens is 214 g/mol. The second kappa shape index (κ2) is 4.34. The summed E-state index contributed by atoms with van der Waals surface area (Å²) in [5, 5.41) is 0. The van der Waals surface area contributed by atoms with Gasteiger partial charge in [-0.25, -0.2) is 4.79 Å². The van der Waals surface area contributed by atoms with Crippen LogP contribution in [-0.2, 0) is 10.3 Å². The first-order valence-electron chi connectivity index (χ1n) is 5.90. The van der Waals surface area contributed by atoms with Crippen molar-refractivity contribution in [1.82, 2.24) is 0 Å². The minimum Gasteiger partial charge on any atom is -0.496 e. The van der Waals surface area contributed by atoms with E-state index in [1.807, 2.05) is 12.1 Å². The van der Waals surface area contributed by atoms with Crippen LogP contribution in [0.4, 0.5) is 0 Å². The molecule has 0 heterocycles. The second-order valence-corrected chi connectivity index (χ2v) is 4.85. The maximum Gasteiger partial charge on any atom is 0.235 e. The molecule has 0 unspecified atom stereocenters. The molecule has 1 aromatic carbocycles. The number of benzene rings is 1.